The number of hydrogen-bond donors (Lipinski definition) is 0. The van der Waals surface area contributed by atoms with Crippen LogP contribution in [-0.4, -0.2) is 29.7 Å². The average molecular weight is 244 g/mol. The van der Waals surface area contributed by atoms with Gasteiger partial charge in [0, 0.05) is 5.92 Å². The van der Waals surface area contributed by atoms with Gasteiger partial charge in [-0.15, -0.1) is 0 Å². The maximum Gasteiger partial charge on any atom is 0.208 e. The van der Waals surface area contributed by atoms with E-state index in [-0.39, 0.29) is 23.9 Å². The summed E-state index contributed by atoms with van der Waals surface area (Å²) in [6.45, 7) is 6.17. The van der Waals surface area contributed by atoms with E-state index < -0.39 is 5.41 Å². The lowest BCUT2D eigenvalue weighted by Crippen LogP contribution is -2.84. The molecule has 0 aromatic rings. The lowest BCUT2D eigenvalue weighted by Gasteiger charge is -2.75. The number of nitriles is 1. The van der Waals surface area contributed by atoms with Gasteiger partial charge in [0.1, 0.15) is 0 Å². The van der Waals surface area contributed by atoms with E-state index in [1.54, 1.807) is 0 Å². The summed E-state index contributed by atoms with van der Waals surface area (Å²) in [4.78, 5) is 4.83. The fraction of sp³-hybridized carbons (Fsp3) is 0.857. The first-order chi connectivity index (χ1) is 8.55. The van der Waals surface area contributed by atoms with Crippen molar-refractivity contribution in [3.05, 3.63) is 0 Å². The number of hydrogen-bond acceptors (Lipinski definition) is 4. The number of nitrogens with zero attached hydrogens (tertiary/aromatic N) is 2. The van der Waals surface area contributed by atoms with Crippen LogP contribution in [0.25, 0.3) is 0 Å². The first kappa shape index (κ1) is 9.80. The van der Waals surface area contributed by atoms with E-state index in [1.165, 1.54) is 0 Å². The summed E-state index contributed by atoms with van der Waals surface area (Å²) in [7, 11) is 0. The van der Waals surface area contributed by atoms with E-state index in [0.29, 0.717) is 29.6 Å². The van der Waals surface area contributed by atoms with Crippen LogP contribution in [-0.2, 0) is 9.47 Å². The predicted molar refractivity (Wildman–Crippen MR) is 62.7 cm³/mol. The summed E-state index contributed by atoms with van der Waals surface area (Å²) in [5.41, 5.74) is -0.664. The summed E-state index contributed by atoms with van der Waals surface area (Å²) >= 11 is 0. The quantitative estimate of drug-likeness (QED) is 0.700. The van der Waals surface area contributed by atoms with Gasteiger partial charge < -0.3 is 9.47 Å². The molecule has 2 aliphatic heterocycles. The van der Waals surface area contributed by atoms with Crippen molar-refractivity contribution in [2.24, 2.45) is 34.1 Å². The van der Waals surface area contributed by atoms with E-state index in [1.807, 2.05) is 13.8 Å². The summed E-state index contributed by atoms with van der Waals surface area (Å²) in [5.74, 6) is 3.01. The SMILES string of the molecule is CC(C)OC1=N[C@]2(C)[C@@H]3[C@@H]4[C@@H]5[C@H]3[C@@]1(C#N)[C@@H]5O[C@@H]42. The van der Waals surface area contributed by atoms with Crippen molar-refractivity contribution < 1.29 is 9.47 Å². The van der Waals surface area contributed by atoms with Crippen LogP contribution < -0.4 is 0 Å². The third-order valence-corrected chi connectivity index (χ3v) is 6.11. The predicted octanol–water partition coefficient (Wildman–Crippen LogP) is 1.37. The minimum atomic E-state index is -0.555. The molecule has 3 aliphatic carbocycles. The van der Waals surface area contributed by atoms with Gasteiger partial charge >= 0.3 is 0 Å². The Balaban J connectivity index is 1.71. The van der Waals surface area contributed by atoms with Gasteiger partial charge in [-0.2, -0.15) is 5.26 Å². The smallest absolute Gasteiger partial charge is 0.208 e. The lowest BCUT2D eigenvalue weighted by molar-refractivity contribution is -0.237. The van der Waals surface area contributed by atoms with Gasteiger partial charge in [-0.3, -0.25) is 0 Å². The second-order valence-electron chi connectivity index (χ2n) is 6.97. The van der Waals surface area contributed by atoms with Crippen LogP contribution in [0, 0.1) is 40.4 Å². The highest BCUT2D eigenvalue weighted by molar-refractivity contribution is 5.92. The van der Waals surface area contributed by atoms with Crippen LogP contribution in [0.5, 0.6) is 0 Å². The van der Waals surface area contributed by atoms with E-state index in [9.17, 15) is 5.26 Å². The Hall–Kier alpha value is -1.08. The summed E-state index contributed by atoms with van der Waals surface area (Å²) in [5, 5.41) is 9.72. The fourth-order valence-corrected chi connectivity index (χ4v) is 5.60. The molecule has 0 unspecified atom stereocenters. The molecule has 5 aliphatic rings. The van der Waals surface area contributed by atoms with Gasteiger partial charge in [-0.05, 0) is 38.5 Å². The molecule has 4 nitrogen and oxygen atoms in total. The molecule has 0 radical (unpaired) electrons. The zero-order valence-corrected chi connectivity index (χ0v) is 10.8. The summed E-state index contributed by atoms with van der Waals surface area (Å²) in [6, 6.07) is 2.51. The zero-order chi connectivity index (χ0) is 12.4. The lowest BCUT2D eigenvalue weighted by atomic mass is 9.26. The average Bonchev–Trinajstić information content (AvgIpc) is 2.41. The summed E-state index contributed by atoms with van der Waals surface area (Å²) in [6.07, 6.45) is 0.374. The van der Waals surface area contributed by atoms with Crippen molar-refractivity contribution in [2.45, 2.75) is 44.6 Å². The van der Waals surface area contributed by atoms with Crippen molar-refractivity contribution in [3.63, 3.8) is 0 Å². The largest absolute Gasteiger partial charge is 0.477 e. The highest BCUT2D eigenvalue weighted by atomic mass is 16.5. The van der Waals surface area contributed by atoms with E-state index in [0.717, 1.165) is 0 Å². The molecule has 1 saturated heterocycles. The monoisotopic (exact) mass is 244 g/mol. The molecular weight excluding hydrogens is 228 g/mol. The minimum absolute atomic E-state index is 0.0561. The number of fused-ring (bicyclic) bond motifs is 2. The van der Waals surface area contributed by atoms with Crippen LogP contribution >= 0.6 is 0 Å². The van der Waals surface area contributed by atoms with Crippen molar-refractivity contribution in [1.82, 2.24) is 0 Å². The van der Waals surface area contributed by atoms with E-state index in [4.69, 9.17) is 14.5 Å². The van der Waals surface area contributed by atoms with Gasteiger partial charge in [0.2, 0.25) is 5.90 Å². The number of aliphatic imine (C=N–C) groups is 1. The molecule has 0 aromatic carbocycles. The zero-order valence-electron chi connectivity index (χ0n) is 10.8. The minimum Gasteiger partial charge on any atom is -0.477 e. The van der Waals surface area contributed by atoms with E-state index >= 15 is 0 Å². The van der Waals surface area contributed by atoms with Gasteiger partial charge in [-0.25, -0.2) is 4.99 Å². The third-order valence-electron chi connectivity index (χ3n) is 6.11. The molecule has 0 bridgehead atoms. The number of ether oxygens (including phenoxy) is 2. The molecule has 18 heavy (non-hydrogen) atoms. The maximum atomic E-state index is 9.72. The van der Waals surface area contributed by atoms with Crippen LogP contribution in [0.1, 0.15) is 20.8 Å². The Morgan fingerprint density at radius 1 is 1.33 bits per heavy atom. The molecule has 0 amide bonds. The third kappa shape index (κ3) is 0.609. The van der Waals surface area contributed by atoms with Gasteiger partial charge in [0.25, 0.3) is 0 Å². The first-order valence-electron chi connectivity index (χ1n) is 6.89. The molecule has 5 rings (SSSR count). The first-order valence-corrected chi connectivity index (χ1v) is 6.89. The maximum absolute atomic E-state index is 9.72. The molecule has 8 atom stereocenters. The van der Waals surface area contributed by atoms with Crippen molar-refractivity contribution in [1.29, 1.82) is 5.26 Å². The normalized spacial score (nSPS) is 64.3. The highest BCUT2D eigenvalue weighted by Gasteiger charge is 2.93. The fourth-order valence-electron chi connectivity index (χ4n) is 5.60. The molecule has 94 valence electrons. The Labute approximate surface area is 106 Å². The van der Waals surface area contributed by atoms with Crippen LogP contribution in [0.15, 0.2) is 4.99 Å². The summed E-state index contributed by atoms with van der Waals surface area (Å²) < 4.78 is 12.1. The highest BCUT2D eigenvalue weighted by Crippen LogP contribution is 2.84. The van der Waals surface area contributed by atoms with Gasteiger partial charge in [0.15, 0.2) is 5.41 Å². The van der Waals surface area contributed by atoms with Crippen molar-refractivity contribution in [3.8, 4) is 6.07 Å². The molecule has 0 spiro atoms. The van der Waals surface area contributed by atoms with Crippen LogP contribution in [0.2, 0.25) is 0 Å². The number of rotatable bonds is 1. The Kier molecular flexibility index (Phi) is 1.27. The molecule has 4 fully saturated rings. The molecule has 0 aromatic heterocycles. The van der Waals surface area contributed by atoms with Gasteiger partial charge in [-0.1, -0.05) is 0 Å². The van der Waals surface area contributed by atoms with Crippen molar-refractivity contribution in [2.75, 3.05) is 0 Å². The molecule has 2 heterocycles. The van der Waals surface area contributed by atoms with E-state index in [2.05, 4.69) is 13.0 Å². The topological polar surface area (TPSA) is 54.6 Å². The Morgan fingerprint density at radius 2 is 2.06 bits per heavy atom. The second-order valence-corrected chi connectivity index (χ2v) is 6.97. The van der Waals surface area contributed by atoms with Gasteiger partial charge in [0.05, 0.1) is 29.9 Å². The molecule has 0 N–H and O–H groups in total. The second kappa shape index (κ2) is 2.34. The Morgan fingerprint density at radius 3 is 2.72 bits per heavy atom. The van der Waals surface area contributed by atoms with Crippen LogP contribution in [0.4, 0.5) is 0 Å². The molecular formula is C14H16N2O2. The van der Waals surface area contributed by atoms with Crippen LogP contribution in [0.3, 0.4) is 0 Å². The standard InChI is InChI=1S/C14H16N2O2/c1-5(2)17-12-14(4-15)9-7-6-8(9)13(3,16-12)10(6)18-11(7)14/h5-11H,1-3H3/t6-,7+,8+,9+,10-,11+,13+,14-/m0/s1. The van der Waals surface area contributed by atoms with Crippen molar-refractivity contribution >= 4 is 5.90 Å². The Bertz CT molecular complexity index is 550. The molecule has 3 saturated carbocycles. The molecule has 4 heteroatoms.